The van der Waals surface area contributed by atoms with Crippen LogP contribution in [0.3, 0.4) is 0 Å². The number of carbonyl (C=O) groups excluding carboxylic acids is 3. The molecule has 0 radical (unpaired) electrons. The summed E-state index contributed by atoms with van der Waals surface area (Å²) >= 11 is 1.56. The molecule has 24 heavy (non-hydrogen) atoms. The van der Waals surface area contributed by atoms with E-state index in [0.717, 1.165) is 0 Å². The highest BCUT2D eigenvalue weighted by Gasteiger charge is 2.32. The molecule has 128 valence electrons. The van der Waals surface area contributed by atoms with Crippen LogP contribution in [0.1, 0.15) is 6.92 Å². The SMILES string of the molecule is C=CCNC(=O)Nc1ccc(NC(=O)[C@@H]2CSCN2C(C)=O)cc1. The van der Waals surface area contributed by atoms with E-state index >= 15 is 0 Å². The third-order valence-electron chi connectivity index (χ3n) is 3.41. The molecule has 1 aliphatic heterocycles. The first-order valence-electron chi connectivity index (χ1n) is 7.43. The molecule has 1 fully saturated rings. The van der Waals surface area contributed by atoms with Gasteiger partial charge in [-0.25, -0.2) is 4.79 Å². The smallest absolute Gasteiger partial charge is 0.319 e. The molecule has 1 aromatic rings. The summed E-state index contributed by atoms with van der Waals surface area (Å²) in [5, 5.41) is 8.07. The number of nitrogens with one attached hydrogen (secondary N) is 3. The van der Waals surface area contributed by atoms with Crippen molar-refractivity contribution in [1.82, 2.24) is 10.2 Å². The molecule has 3 N–H and O–H groups in total. The zero-order chi connectivity index (χ0) is 17.5. The van der Waals surface area contributed by atoms with Crippen LogP contribution in [-0.2, 0) is 9.59 Å². The van der Waals surface area contributed by atoms with Crippen molar-refractivity contribution in [2.75, 3.05) is 28.8 Å². The second-order valence-corrected chi connectivity index (χ2v) is 6.19. The highest BCUT2D eigenvalue weighted by atomic mass is 32.2. The van der Waals surface area contributed by atoms with Gasteiger partial charge >= 0.3 is 6.03 Å². The average molecular weight is 348 g/mol. The minimum Gasteiger partial charge on any atom is -0.334 e. The monoisotopic (exact) mass is 348 g/mol. The Hall–Kier alpha value is -2.48. The van der Waals surface area contributed by atoms with Gasteiger partial charge in [0.15, 0.2) is 0 Å². The van der Waals surface area contributed by atoms with Crippen molar-refractivity contribution < 1.29 is 14.4 Å². The fourth-order valence-corrected chi connectivity index (χ4v) is 3.39. The molecule has 0 spiro atoms. The van der Waals surface area contributed by atoms with Crippen molar-refractivity contribution >= 4 is 41.0 Å². The number of anilines is 2. The molecule has 1 saturated heterocycles. The number of benzene rings is 1. The van der Waals surface area contributed by atoms with Gasteiger partial charge in [-0.05, 0) is 24.3 Å². The Morgan fingerprint density at radius 1 is 1.25 bits per heavy atom. The lowest BCUT2D eigenvalue weighted by molar-refractivity contribution is -0.134. The first-order chi connectivity index (χ1) is 11.5. The van der Waals surface area contributed by atoms with Gasteiger partial charge in [0.25, 0.3) is 0 Å². The van der Waals surface area contributed by atoms with Crippen LogP contribution in [0.2, 0.25) is 0 Å². The van der Waals surface area contributed by atoms with E-state index in [0.29, 0.717) is 29.5 Å². The van der Waals surface area contributed by atoms with Gasteiger partial charge in [0.1, 0.15) is 6.04 Å². The number of hydrogen-bond acceptors (Lipinski definition) is 4. The van der Waals surface area contributed by atoms with Gasteiger partial charge in [0.2, 0.25) is 11.8 Å². The molecular formula is C16H20N4O3S. The number of nitrogens with zero attached hydrogens (tertiary/aromatic N) is 1. The van der Waals surface area contributed by atoms with E-state index < -0.39 is 6.04 Å². The van der Waals surface area contributed by atoms with Crippen molar-refractivity contribution in [1.29, 1.82) is 0 Å². The minimum absolute atomic E-state index is 0.106. The van der Waals surface area contributed by atoms with Crippen LogP contribution in [0.5, 0.6) is 0 Å². The number of hydrogen-bond donors (Lipinski definition) is 3. The summed E-state index contributed by atoms with van der Waals surface area (Å²) in [7, 11) is 0. The second kappa shape index (κ2) is 8.39. The standard InChI is InChI=1S/C16H20N4O3S/c1-3-8-17-16(23)19-13-6-4-12(5-7-13)18-15(22)14-9-24-10-20(14)11(2)21/h3-7,14H,1,8-10H2,2H3,(H,18,22)(H2,17,19,23)/t14-/m0/s1. The van der Waals surface area contributed by atoms with Crippen LogP contribution in [-0.4, -0.2) is 47.0 Å². The summed E-state index contributed by atoms with van der Waals surface area (Å²) in [6.07, 6.45) is 1.59. The molecular weight excluding hydrogens is 328 g/mol. The van der Waals surface area contributed by atoms with Gasteiger partial charge in [-0.15, -0.1) is 18.3 Å². The Kier molecular flexibility index (Phi) is 6.25. The largest absolute Gasteiger partial charge is 0.334 e. The molecule has 1 atom stereocenters. The Balaban J connectivity index is 1.91. The van der Waals surface area contributed by atoms with E-state index in [4.69, 9.17) is 0 Å². The lowest BCUT2D eigenvalue weighted by atomic mass is 10.2. The van der Waals surface area contributed by atoms with Crippen molar-refractivity contribution in [2.24, 2.45) is 0 Å². The predicted molar refractivity (Wildman–Crippen MR) is 95.9 cm³/mol. The van der Waals surface area contributed by atoms with Crippen LogP contribution in [0.15, 0.2) is 36.9 Å². The van der Waals surface area contributed by atoms with Crippen molar-refractivity contribution in [3.8, 4) is 0 Å². The fraction of sp³-hybridized carbons (Fsp3) is 0.312. The molecule has 1 aromatic carbocycles. The summed E-state index contributed by atoms with van der Waals surface area (Å²) in [5.74, 6) is 0.815. The van der Waals surface area contributed by atoms with E-state index in [1.807, 2.05) is 0 Å². The zero-order valence-electron chi connectivity index (χ0n) is 13.4. The van der Waals surface area contributed by atoms with E-state index in [2.05, 4.69) is 22.5 Å². The molecule has 2 rings (SSSR count). The molecule has 7 nitrogen and oxygen atoms in total. The summed E-state index contributed by atoms with van der Waals surface area (Å²) in [6.45, 7) is 5.36. The third-order valence-corrected chi connectivity index (χ3v) is 4.42. The Morgan fingerprint density at radius 3 is 2.46 bits per heavy atom. The van der Waals surface area contributed by atoms with Gasteiger partial charge in [0, 0.05) is 30.6 Å². The highest BCUT2D eigenvalue weighted by Crippen LogP contribution is 2.22. The van der Waals surface area contributed by atoms with Crippen LogP contribution >= 0.6 is 11.8 Å². The predicted octanol–water partition coefficient (Wildman–Crippen LogP) is 1.85. The lowest BCUT2D eigenvalue weighted by Gasteiger charge is -2.21. The van der Waals surface area contributed by atoms with Crippen LogP contribution < -0.4 is 16.0 Å². The maximum atomic E-state index is 12.3. The lowest BCUT2D eigenvalue weighted by Crippen LogP contribution is -2.43. The summed E-state index contributed by atoms with van der Waals surface area (Å²) in [5.41, 5.74) is 1.22. The van der Waals surface area contributed by atoms with Gasteiger partial charge < -0.3 is 20.9 Å². The normalized spacial score (nSPS) is 16.4. The first-order valence-corrected chi connectivity index (χ1v) is 8.58. The summed E-state index contributed by atoms with van der Waals surface area (Å²) < 4.78 is 0. The number of rotatable bonds is 5. The molecule has 1 aliphatic rings. The maximum absolute atomic E-state index is 12.3. The van der Waals surface area contributed by atoms with Gasteiger partial charge in [-0.1, -0.05) is 6.08 Å². The molecule has 1 heterocycles. The quantitative estimate of drug-likeness (QED) is 0.709. The third kappa shape index (κ3) is 4.76. The summed E-state index contributed by atoms with van der Waals surface area (Å²) in [4.78, 5) is 36.9. The van der Waals surface area contributed by atoms with E-state index in [9.17, 15) is 14.4 Å². The second-order valence-electron chi connectivity index (χ2n) is 5.19. The molecule has 0 aromatic heterocycles. The van der Waals surface area contributed by atoms with Gasteiger partial charge in [0.05, 0.1) is 5.88 Å². The molecule has 8 heteroatoms. The van der Waals surface area contributed by atoms with Gasteiger partial charge in [-0.2, -0.15) is 0 Å². The molecule has 0 unspecified atom stereocenters. The maximum Gasteiger partial charge on any atom is 0.319 e. The van der Waals surface area contributed by atoms with E-state index in [1.54, 1.807) is 47.0 Å². The number of thioether (sulfide) groups is 1. The topological polar surface area (TPSA) is 90.5 Å². The zero-order valence-corrected chi connectivity index (χ0v) is 14.2. The molecule has 0 aliphatic carbocycles. The van der Waals surface area contributed by atoms with Crippen LogP contribution in [0.25, 0.3) is 0 Å². The minimum atomic E-state index is -0.449. The molecule has 0 bridgehead atoms. The Labute approximate surface area is 144 Å². The highest BCUT2D eigenvalue weighted by molar-refractivity contribution is 7.99. The van der Waals surface area contributed by atoms with Crippen molar-refractivity contribution in [3.05, 3.63) is 36.9 Å². The molecule has 0 saturated carbocycles. The van der Waals surface area contributed by atoms with Crippen LogP contribution in [0.4, 0.5) is 16.2 Å². The number of carbonyl (C=O) groups is 3. The van der Waals surface area contributed by atoms with E-state index in [1.165, 1.54) is 6.92 Å². The van der Waals surface area contributed by atoms with E-state index in [-0.39, 0.29) is 17.8 Å². The molecule has 4 amide bonds. The van der Waals surface area contributed by atoms with Crippen LogP contribution in [0, 0.1) is 0 Å². The number of urea groups is 1. The van der Waals surface area contributed by atoms with Crippen molar-refractivity contribution in [3.63, 3.8) is 0 Å². The first kappa shape index (κ1) is 17.9. The Bertz CT molecular complexity index is 633. The van der Waals surface area contributed by atoms with Gasteiger partial charge in [-0.3, -0.25) is 9.59 Å². The fourth-order valence-electron chi connectivity index (χ4n) is 2.17. The Morgan fingerprint density at radius 2 is 1.88 bits per heavy atom. The average Bonchev–Trinajstić information content (AvgIpc) is 3.05. The van der Waals surface area contributed by atoms with Crippen molar-refractivity contribution in [2.45, 2.75) is 13.0 Å². The number of amides is 4. The summed E-state index contributed by atoms with van der Waals surface area (Å²) in [6, 6.07) is 5.99.